The van der Waals surface area contributed by atoms with E-state index in [0.717, 1.165) is 19.3 Å². The van der Waals surface area contributed by atoms with Crippen molar-refractivity contribution in [1.82, 2.24) is 0 Å². The molecule has 2 aliphatic rings. The average Bonchev–Trinajstić information content (AvgIpc) is 2.43. The fourth-order valence-electron chi connectivity index (χ4n) is 1.64. The second-order valence-corrected chi connectivity index (χ2v) is 3.87. The lowest BCUT2D eigenvalue weighted by atomic mass is 10.1. The largest absolute Gasteiger partial charge is 0.348 e. The molecule has 1 aliphatic carbocycles. The molecule has 0 atom stereocenters. The molecule has 0 aromatic carbocycles. The van der Waals surface area contributed by atoms with Gasteiger partial charge in [0.2, 0.25) is 0 Å². The quantitative estimate of drug-likeness (QED) is 0.639. The van der Waals surface area contributed by atoms with Crippen LogP contribution >= 0.6 is 0 Å². The van der Waals surface area contributed by atoms with Crippen LogP contribution < -0.4 is 5.73 Å². The first kappa shape index (κ1) is 7.53. The zero-order valence-corrected chi connectivity index (χ0v) is 6.93. The molecule has 1 saturated heterocycles. The Morgan fingerprint density at radius 1 is 1.27 bits per heavy atom. The van der Waals surface area contributed by atoms with E-state index >= 15 is 0 Å². The summed E-state index contributed by atoms with van der Waals surface area (Å²) in [6.45, 7) is 3.41. The summed E-state index contributed by atoms with van der Waals surface area (Å²) in [7, 11) is 0. The lowest BCUT2D eigenvalue weighted by molar-refractivity contribution is -0.151. The summed E-state index contributed by atoms with van der Waals surface area (Å²) in [5.74, 6) is -0.384. The Bertz CT molecular complexity index is 159. The molecular formula is C8H15NO2. The van der Waals surface area contributed by atoms with Crippen LogP contribution in [0.15, 0.2) is 0 Å². The van der Waals surface area contributed by atoms with Crippen LogP contribution in [-0.2, 0) is 9.47 Å². The summed E-state index contributed by atoms with van der Waals surface area (Å²) in [5, 5.41) is 0. The maximum Gasteiger partial charge on any atom is 0.167 e. The van der Waals surface area contributed by atoms with Gasteiger partial charge in [0, 0.05) is 12.0 Å². The third-order valence-corrected chi connectivity index (χ3v) is 2.46. The highest BCUT2D eigenvalue weighted by Crippen LogP contribution is 2.41. The van der Waals surface area contributed by atoms with Gasteiger partial charge < -0.3 is 15.2 Å². The van der Waals surface area contributed by atoms with Gasteiger partial charge in [-0.25, -0.2) is 0 Å². The molecule has 0 spiro atoms. The van der Waals surface area contributed by atoms with Crippen molar-refractivity contribution >= 4 is 0 Å². The van der Waals surface area contributed by atoms with Gasteiger partial charge in [-0.05, 0) is 19.8 Å². The zero-order chi connectivity index (χ0) is 7.95. The van der Waals surface area contributed by atoms with E-state index in [2.05, 4.69) is 0 Å². The van der Waals surface area contributed by atoms with E-state index < -0.39 is 0 Å². The average molecular weight is 157 g/mol. The second-order valence-electron chi connectivity index (χ2n) is 3.87. The first-order valence-electron chi connectivity index (χ1n) is 4.19. The van der Waals surface area contributed by atoms with Crippen LogP contribution in [-0.4, -0.2) is 24.5 Å². The predicted octanol–water partition coefficient (Wildman–Crippen LogP) is 0.631. The Morgan fingerprint density at radius 3 is 2.27 bits per heavy atom. The van der Waals surface area contributed by atoms with Gasteiger partial charge in [-0.2, -0.15) is 0 Å². The third kappa shape index (κ3) is 1.55. The van der Waals surface area contributed by atoms with E-state index in [9.17, 15) is 0 Å². The molecular weight excluding hydrogens is 142 g/mol. The molecule has 0 unspecified atom stereocenters. The van der Waals surface area contributed by atoms with Gasteiger partial charge in [0.1, 0.15) is 0 Å². The van der Waals surface area contributed by atoms with E-state index in [1.54, 1.807) is 0 Å². The molecule has 0 amide bonds. The van der Waals surface area contributed by atoms with Crippen molar-refractivity contribution in [1.29, 1.82) is 0 Å². The fraction of sp³-hybridized carbons (Fsp3) is 1.00. The second kappa shape index (κ2) is 2.19. The van der Waals surface area contributed by atoms with Crippen molar-refractivity contribution in [2.24, 2.45) is 5.73 Å². The molecule has 11 heavy (non-hydrogen) atoms. The van der Waals surface area contributed by atoms with Crippen LogP contribution in [0.3, 0.4) is 0 Å². The van der Waals surface area contributed by atoms with Gasteiger partial charge in [-0.15, -0.1) is 0 Å². The number of ether oxygens (including phenoxy) is 2. The molecule has 1 aliphatic heterocycles. The highest BCUT2D eigenvalue weighted by atomic mass is 16.7. The number of nitrogens with two attached hydrogens (primary N) is 1. The standard InChI is InChI=1S/C8H15NO2/c1-7(10-4-5-11-7)6-8(9)2-3-8/h2-6,9H2,1H3. The Morgan fingerprint density at radius 2 is 1.82 bits per heavy atom. The monoisotopic (exact) mass is 157 g/mol. The minimum Gasteiger partial charge on any atom is -0.348 e. The van der Waals surface area contributed by atoms with Gasteiger partial charge in [0.25, 0.3) is 0 Å². The van der Waals surface area contributed by atoms with Crippen molar-refractivity contribution in [3.63, 3.8) is 0 Å². The zero-order valence-electron chi connectivity index (χ0n) is 6.93. The van der Waals surface area contributed by atoms with Crippen LogP contribution in [0.5, 0.6) is 0 Å². The summed E-state index contributed by atoms with van der Waals surface area (Å²) in [5.41, 5.74) is 5.98. The van der Waals surface area contributed by atoms with Gasteiger partial charge in [0.05, 0.1) is 13.2 Å². The van der Waals surface area contributed by atoms with Crippen LogP contribution in [0.2, 0.25) is 0 Å². The van der Waals surface area contributed by atoms with Gasteiger partial charge in [-0.1, -0.05) is 0 Å². The molecule has 2 N–H and O–H groups in total. The van der Waals surface area contributed by atoms with Crippen LogP contribution in [0.25, 0.3) is 0 Å². The van der Waals surface area contributed by atoms with Crippen LogP contribution in [0, 0.1) is 0 Å². The topological polar surface area (TPSA) is 44.5 Å². The van der Waals surface area contributed by atoms with Gasteiger partial charge in [0.15, 0.2) is 5.79 Å². The highest BCUT2D eigenvalue weighted by Gasteiger charge is 2.46. The first-order chi connectivity index (χ1) is 5.12. The summed E-state index contributed by atoms with van der Waals surface area (Å²) in [6, 6.07) is 0. The smallest absolute Gasteiger partial charge is 0.167 e. The Balaban J connectivity index is 1.92. The van der Waals surface area contributed by atoms with Gasteiger partial charge >= 0.3 is 0 Å². The number of hydrogen-bond acceptors (Lipinski definition) is 3. The van der Waals surface area contributed by atoms with E-state index in [-0.39, 0.29) is 11.3 Å². The van der Waals surface area contributed by atoms with Crippen molar-refractivity contribution in [3.05, 3.63) is 0 Å². The van der Waals surface area contributed by atoms with Crippen molar-refractivity contribution in [3.8, 4) is 0 Å². The van der Waals surface area contributed by atoms with Crippen molar-refractivity contribution in [2.45, 2.75) is 37.5 Å². The SMILES string of the molecule is CC1(CC2(N)CC2)OCCO1. The number of rotatable bonds is 2. The Labute approximate surface area is 66.8 Å². The highest BCUT2D eigenvalue weighted by molar-refractivity contribution is 5.01. The number of hydrogen-bond donors (Lipinski definition) is 1. The molecule has 2 rings (SSSR count). The normalized spacial score (nSPS) is 32.2. The molecule has 0 aromatic rings. The lowest BCUT2D eigenvalue weighted by Gasteiger charge is -2.25. The van der Waals surface area contributed by atoms with Crippen molar-refractivity contribution in [2.75, 3.05) is 13.2 Å². The molecule has 0 aromatic heterocycles. The van der Waals surface area contributed by atoms with E-state index in [1.807, 2.05) is 6.92 Å². The van der Waals surface area contributed by atoms with Crippen LogP contribution in [0.1, 0.15) is 26.2 Å². The summed E-state index contributed by atoms with van der Waals surface area (Å²) < 4.78 is 10.9. The molecule has 1 saturated carbocycles. The van der Waals surface area contributed by atoms with Crippen molar-refractivity contribution < 1.29 is 9.47 Å². The molecule has 64 valence electrons. The van der Waals surface area contributed by atoms with Crippen LogP contribution in [0.4, 0.5) is 0 Å². The maximum absolute atomic E-state index is 5.95. The lowest BCUT2D eigenvalue weighted by Crippen LogP contribution is -2.36. The van der Waals surface area contributed by atoms with E-state index in [0.29, 0.717) is 13.2 Å². The first-order valence-corrected chi connectivity index (χ1v) is 4.19. The predicted molar refractivity (Wildman–Crippen MR) is 41.1 cm³/mol. The summed E-state index contributed by atoms with van der Waals surface area (Å²) in [4.78, 5) is 0. The Hall–Kier alpha value is -0.120. The molecule has 1 heterocycles. The fourth-order valence-corrected chi connectivity index (χ4v) is 1.64. The summed E-state index contributed by atoms with van der Waals surface area (Å²) >= 11 is 0. The minimum atomic E-state index is -0.384. The molecule has 2 fully saturated rings. The third-order valence-electron chi connectivity index (χ3n) is 2.46. The van der Waals surface area contributed by atoms with E-state index in [4.69, 9.17) is 15.2 Å². The van der Waals surface area contributed by atoms with E-state index in [1.165, 1.54) is 0 Å². The molecule has 3 heteroatoms. The molecule has 0 bridgehead atoms. The minimum absolute atomic E-state index is 0.0269. The maximum atomic E-state index is 5.95. The Kier molecular flexibility index (Phi) is 1.50. The van der Waals surface area contributed by atoms with Gasteiger partial charge in [-0.3, -0.25) is 0 Å². The molecule has 0 radical (unpaired) electrons. The summed E-state index contributed by atoms with van der Waals surface area (Å²) in [6.07, 6.45) is 3.09. The molecule has 3 nitrogen and oxygen atoms in total.